The van der Waals surface area contributed by atoms with Crippen molar-refractivity contribution >= 4 is 5.96 Å². The van der Waals surface area contributed by atoms with Crippen LogP contribution >= 0.6 is 0 Å². The van der Waals surface area contributed by atoms with Gasteiger partial charge in [0.15, 0.2) is 5.96 Å². The van der Waals surface area contributed by atoms with E-state index >= 15 is 0 Å². The molecule has 1 N–H and O–H groups in total. The molecule has 0 saturated carbocycles. The Balaban J connectivity index is 2.69. The van der Waals surface area contributed by atoms with Gasteiger partial charge in [0.1, 0.15) is 0 Å². The molecule has 0 bridgehead atoms. The summed E-state index contributed by atoms with van der Waals surface area (Å²) < 4.78 is 5.12. The zero-order valence-corrected chi connectivity index (χ0v) is 10.8. The van der Waals surface area contributed by atoms with Crippen LogP contribution in [0.25, 0.3) is 0 Å². The van der Waals surface area contributed by atoms with Crippen molar-refractivity contribution in [3.63, 3.8) is 0 Å². The van der Waals surface area contributed by atoms with E-state index in [4.69, 9.17) is 4.74 Å². The Morgan fingerprint density at radius 3 is 2.59 bits per heavy atom. The van der Waals surface area contributed by atoms with Gasteiger partial charge in [0.05, 0.1) is 6.61 Å². The minimum absolute atomic E-state index is 0.688. The first kappa shape index (κ1) is 13.5. The van der Waals surface area contributed by atoms with Crippen molar-refractivity contribution in [2.24, 2.45) is 4.99 Å². The van der Waals surface area contributed by atoms with Crippen molar-refractivity contribution in [2.75, 3.05) is 34.4 Å². The van der Waals surface area contributed by atoms with Gasteiger partial charge in [-0.15, -0.1) is 0 Å². The summed E-state index contributed by atoms with van der Waals surface area (Å²) in [6.45, 7) is 2.34. The maximum Gasteiger partial charge on any atom is 0.193 e. The molecule has 0 saturated heterocycles. The zero-order chi connectivity index (χ0) is 12.5. The lowest BCUT2D eigenvalue weighted by Gasteiger charge is -2.25. The molecule has 1 aromatic carbocycles. The molecule has 4 heteroatoms. The van der Waals surface area contributed by atoms with Crippen LogP contribution in [-0.4, -0.2) is 45.2 Å². The number of ether oxygens (including phenoxy) is 1. The number of methoxy groups -OCH3 is 1. The van der Waals surface area contributed by atoms with Crippen LogP contribution in [0.5, 0.6) is 0 Å². The number of nitrogens with one attached hydrogen (secondary N) is 1. The largest absolute Gasteiger partial charge is 0.383 e. The Bertz CT molecular complexity index is 338. The van der Waals surface area contributed by atoms with Crippen LogP contribution in [0.4, 0.5) is 0 Å². The Morgan fingerprint density at radius 1 is 1.35 bits per heavy atom. The molecular formula is C13H21N3O. The van der Waals surface area contributed by atoms with Crippen molar-refractivity contribution in [1.82, 2.24) is 10.2 Å². The highest BCUT2D eigenvalue weighted by molar-refractivity contribution is 5.79. The van der Waals surface area contributed by atoms with E-state index < -0.39 is 0 Å². The number of hydrogen-bond donors (Lipinski definition) is 1. The predicted octanol–water partition coefficient (Wildman–Crippen LogP) is 1.34. The molecule has 4 nitrogen and oxygen atoms in total. The molecule has 0 heterocycles. The third-order valence-electron chi connectivity index (χ3n) is 2.52. The predicted molar refractivity (Wildman–Crippen MR) is 71.1 cm³/mol. The van der Waals surface area contributed by atoms with Crippen LogP contribution in [0.3, 0.4) is 0 Å². The lowest BCUT2D eigenvalue weighted by Crippen LogP contribution is -2.40. The molecule has 0 amide bonds. The standard InChI is InChI=1S/C13H21N3O/c1-14-13(15-2)16(9-10-17-3)11-12-7-5-4-6-8-12/h4-8H,9-11H2,1-3H3,(H,14,15). The fraction of sp³-hybridized carbons (Fsp3) is 0.462. The average Bonchev–Trinajstić information content (AvgIpc) is 2.38. The number of aliphatic imine (C=N–C) groups is 1. The molecule has 0 atom stereocenters. The van der Waals surface area contributed by atoms with Crippen molar-refractivity contribution in [3.8, 4) is 0 Å². The Kier molecular flexibility index (Phi) is 6.10. The van der Waals surface area contributed by atoms with Gasteiger partial charge in [0, 0.05) is 34.3 Å². The van der Waals surface area contributed by atoms with E-state index in [2.05, 4.69) is 27.3 Å². The SMILES string of the molecule is CN=C(NC)N(CCOC)Cc1ccccc1. The Labute approximate surface area is 103 Å². The van der Waals surface area contributed by atoms with Crippen molar-refractivity contribution in [1.29, 1.82) is 0 Å². The third kappa shape index (κ3) is 4.44. The summed E-state index contributed by atoms with van der Waals surface area (Å²) in [6, 6.07) is 10.3. The van der Waals surface area contributed by atoms with Gasteiger partial charge in [-0.3, -0.25) is 4.99 Å². The number of guanidine groups is 1. The lowest BCUT2D eigenvalue weighted by atomic mass is 10.2. The van der Waals surface area contributed by atoms with Gasteiger partial charge in [-0.2, -0.15) is 0 Å². The van der Waals surface area contributed by atoms with Gasteiger partial charge in [-0.25, -0.2) is 0 Å². The van der Waals surface area contributed by atoms with E-state index in [0.717, 1.165) is 19.0 Å². The second-order valence-corrected chi connectivity index (χ2v) is 3.70. The van der Waals surface area contributed by atoms with E-state index in [1.54, 1.807) is 14.2 Å². The van der Waals surface area contributed by atoms with Gasteiger partial charge < -0.3 is 15.0 Å². The highest BCUT2D eigenvalue weighted by Crippen LogP contribution is 2.04. The molecule has 94 valence electrons. The van der Waals surface area contributed by atoms with Crippen molar-refractivity contribution in [2.45, 2.75) is 6.54 Å². The molecule has 0 aliphatic rings. The summed E-state index contributed by atoms with van der Waals surface area (Å²) in [6.07, 6.45) is 0. The molecule has 0 aromatic heterocycles. The number of benzene rings is 1. The molecule has 0 radical (unpaired) electrons. The minimum atomic E-state index is 0.688. The fourth-order valence-corrected chi connectivity index (χ4v) is 1.68. The van der Waals surface area contributed by atoms with Crippen molar-refractivity contribution < 1.29 is 4.74 Å². The third-order valence-corrected chi connectivity index (χ3v) is 2.52. The molecule has 0 unspecified atom stereocenters. The van der Waals surface area contributed by atoms with Gasteiger partial charge >= 0.3 is 0 Å². The second-order valence-electron chi connectivity index (χ2n) is 3.70. The van der Waals surface area contributed by atoms with Gasteiger partial charge in [-0.05, 0) is 5.56 Å². The summed E-state index contributed by atoms with van der Waals surface area (Å²) in [4.78, 5) is 6.40. The fourth-order valence-electron chi connectivity index (χ4n) is 1.68. The highest BCUT2D eigenvalue weighted by Gasteiger charge is 2.09. The van der Waals surface area contributed by atoms with E-state index in [-0.39, 0.29) is 0 Å². The molecule has 1 aromatic rings. The molecular weight excluding hydrogens is 214 g/mol. The first-order valence-electron chi connectivity index (χ1n) is 5.74. The lowest BCUT2D eigenvalue weighted by molar-refractivity contribution is 0.173. The molecule has 1 rings (SSSR count). The summed E-state index contributed by atoms with van der Waals surface area (Å²) in [5.74, 6) is 0.880. The van der Waals surface area contributed by atoms with E-state index in [9.17, 15) is 0 Å². The zero-order valence-electron chi connectivity index (χ0n) is 10.8. The van der Waals surface area contributed by atoms with E-state index in [1.165, 1.54) is 5.56 Å². The van der Waals surface area contributed by atoms with Gasteiger partial charge in [-0.1, -0.05) is 30.3 Å². The second kappa shape index (κ2) is 7.68. The maximum absolute atomic E-state index is 5.12. The Morgan fingerprint density at radius 2 is 2.06 bits per heavy atom. The van der Waals surface area contributed by atoms with Gasteiger partial charge in [0.25, 0.3) is 0 Å². The maximum atomic E-state index is 5.12. The summed E-state index contributed by atoms with van der Waals surface area (Å²) >= 11 is 0. The van der Waals surface area contributed by atoms with Crippen LogP contribution in [0.15, 0.2) is 35.3 Å². The quantitative estimate of drug-likeness (QED) is 0.618. The van der Waals surface area contributed by atoms with Crippen LogP contribution in [0.1, 0.15) is 5.56 Å². The monoisotopic (exact) mass is 235 g/mol. The van der Waals surface area contributed by atoms with Crippen LogP contribution in [0, 0.1) is 0 Å². The average molecular weight is 235 g/mol. The summed E-state index contributed by atoms with van der Waals surface area (Å²) in [5.41, 5.74) is 1.26. The van der Waals surface area contributed by atoms with Crippen LogP contribution in [0.2, 0.25) is 0 Å². The molecule has 0 fully saturated rings. The number of hydrogen-bond acceptors (Lipinski definition) is 2. The van der Waals surface area contributed by atoms with Gasteiger partial charge in [0.2, 0.25) is 0 Å². The summed E-state index contributed by atoms with van der Waals surface area (Å²) in [7, 11) is 5.38. The minimum Gasteiger partial charge on any atom is -0.383 e. The topological polar surface area (TPSA) is 36.9 Å². The summed E-state index contributed by atoms with van der Waals surface area (Å²) in [5, 5.41) is 3.10. The van der Waals surface area contributed by atoms with Crippen LogP contribution in [-0.2, 0) is 11.3 Å². The first-order chi connectivity index (χ1) is 8.31. The van der Waals surface area contributed by atoms with Crippen molar-refractivity contribution in [3.05, 3.63) is 35.9 Å². The smallest absolute Gasteiger partial charge is 0.193 e. The molecule has 0 spiro atoms. The number of nitrogens with zero attached hydrogens (tertiary/aromatic N) is 2. The van der Waals surface area contributed by atoms with E-state index in [1.807, 2.05) is 25.2 Å². The number of rotatable bonds is 5. The van der Waals surface area contributed by atoms with Crippen LogP contribution < -0.4 is 5.32 Å². The molecule has 0 aliphatic carbocycles. The van der Waals surface area contributed by atoms with E-state index in [0.29, 0.717) is 6.61 Å². The highest BCUT2D eigenvalue weighted by atomic mass is 16.5. The first-order valence-corrected chi connectivity index (χ1v) is 5.74. The molecule has 0 aliphatic heterocycles. The Hall–Kier alpha value is -1.55. The molecule has 17 heavy (non-hydrogen) atoms. The normalized spacial score (nSPS) is 11.4.